The van der Waals surface area contributed by atoms with E-state index in [-0.39, 0.29) is 36.3 Å². The molecule has 0 bridgehead atoms. The van der Waals surface area contributed by atoms with Crippen LogP contribution in [-0.2, 0) is 16.0 Å². The summed E-state index contributed by atoms with van der Waals surface area (Å²) in [5.74, 6) is 0.0791. The average Bonchev–Trinajstić information content (AvgIpc) is 3.64. The van der Waals surface area contributed by atoms with E-state index in [4.69, 9.17) is 5.73 Å². The summed E-state index contributed by atoms with van der Waals surface area (Å²) < 4.78 is 0. The number of benzene rings is 3. The molecular weight excluding hydrogens is 596 g/mol. The van der Waals surface area contributed by atoms with Gasteiger partial charge in [-0.3, -0.25) is 14.4 Å². The summed E-state index contributed by atoms with van der Waals surface area (Å²) in [7, 11) is 0. The summed E-state index contributed by atoms with van der Waals surface area (Å²) in [6, 6.07) is 19.3. The molecule has 2 atom stereocenters. The number of nitrogens with two attached hydrogens (primary N) is 1. The second-order valence-corrected chi connectivity index (χ2v) is 12.3. The molecule has 0 radical (unpaired) electrons. The molecule has 4 aromatic rings. The topological polar surface area (TPSA) is 188 Å². The molecule has 3 aromatic carbocycles. The minimum absolute atomic E-state index is 0.113. The van der Waals surface area contributed by atoms with Crippen LogP contribution in [0, 0.1) is 18.8 Å². The SMILES string of the molecule is Cc1cc(C(=O)NC(C)CO)ccc1-c1ccc(CC(NC(=O)C2CCC(CN)CC2)C(=O)Nc2ccc(-c3nn[nH]n3)cc2)cc1. The van der Waals surface area contributed by atoms with Crippen molar-refractivity contribution in [3.8, 4) is 22.5 Å². The van der Waals surface area contributed by atoms with E-state index < -0.39 is 6.04 Å². The number of anilines is 1. The van der Waals surface area contributed by atoms with Crippen molar-refractivity contribution < 1.29 is 19.5 Å². The largest absolute Gasteiger partial charge is 0.394 e. The maximum absolute atomic E-state index is 13.6. The smallest absolute Gasteiger partial charge is 0.251 e. The van der Waals surface area contributed by atoms with E-state index in [1.807, 2.05) is 43.3 Å². The van der Waals surface area contributed by atoms with Crippen molar-refractivity contribution in [2.75, 3.05) is 18.5 Å². The van der Waals surface area contributed by atoms with Crippen molar-refractivity contribution in [2.24, 2.45) is 17.6 Å². The number of carbonyl (C=O) groups excluding carboxylic acids is 3. The third-order valence-corrected chi connectivity index (χ3v) is 8.78. The third kappa shape index (κ3) is 8.66. The highest BCUT2D eigenvalue weighted by molar-refractivity contribution is 5.98. The Labute approximate surface area is 273 Å². The number of rotatable bonds is 12. The Bertz CT molecular complexity index is 1650. The number of hydrogen-bond acceptors (Lipinski definition) is 8. The van der Waals surface area contributed by atoms with Gasteiger partial charge in [0.1, 0.15) is 6.04 Å². The van der Waals surface area contributed by atoms with Crippen LogP contribution in [0.2, 0.25) is 0 Å². The van der Waals surface area contributed by atoms with Crippen LogP contribution in [0.25, 0.3) is 22.5 Å². The van der Waals surface area contributed by atoms with Crippen molar-refractivity contribution in [2.45, 2.75) is 58.0 Å². The second-order valence-electron chi connectivity index (χ2n) is 12.3. The van der Waals surface area contributed by atoms with Gasteiger partial charge in [-0.2, -0.15) is 5.21 Å². The van der Waals surface area contributed by atoms with Crippen LogP contribution >= 0.6 is 0 Å². The fraction of sp³-hybridized carbons (Fsp3) is 0.371. The zero-order valence-electron chi connectivity index (χ0n) is 26.7. The number of nitrogens with one attached hydrogen (secondary N) is 4. The number of nitrogens with zero attached hydrogens (tertiary/aromatic N) is 3. The quantitative estimate of drug-likeness (QED) is 0.136. The molecule has 0 spiro atoms. The molecular formula is C35H42N8O4. The minimum Gasteiger partial charge on any atom is -0.394 e. The number of aromatic nitrogens is 4. The Morgan fingerprint density at radius 3 is 2.28 bits per heavy atom. The van der Waals surface area contributed by atoms with Gasteiger partial charge in [0, 0.05) is 35.2 Å². The molecule has 1 aliphatic rings. The Morgan fingerprint density at radius 2 is 1.66 bits per heavy atom. The molecule has 12 nitrogen and oxygen atoms in total. The summed E-state index contributed by atoms with van der Waals surface area (Å²) in [5, 5.41) is 32.0. The van der Waals surface area contributed by atoms with E-state index in [0.29, 0.717) is 36.0 Å². The maximum Gasteiger partial charge on any atom is 0.251 e. The van der Waals surface area contributed by atoms with Crippen LogP contribution in [0.1, 0.15) is 54.1 Å². The molecule has 2 unspecified atom stereocenters. The number of amides is 3. The normalized spacial score (nSPS) is 17.4. The number of aromatic amines is 1. The highest BCUT2D eigenvalue weighted by atomic mass is 16.3. The molecule has 0 aliphatic heterocycles. The Hall–Kier alpha value is -4.94. The summed E-state index contributed by atoms with van der Waals surface area (Å²) in [6.07, 6.45) is 3.64. The van der Waals surface area contributed by atoms with Gasteiger partial charge in [-0.1, -0.05) is 30.3 Å². The molecule has 47 heavy (non-hydrogen) atoms. The van der Waals surface area contributed by atoms with Gasteiger partial charge in [-0.05, 0) is 116 Å². The fourth-order valence-corrected chi connectivity index (χ4v) is 5.91. The van der Waals surface area contributed by atoms with E-state index in [9.17, 15) is 19.5 Å². The first-order valence-electron chi connectivity index (χ1n) is 16.0. The van der Waals surface area contributed by atoms with E-state index in [1.165, 1.54) is 0 Å². The molecule has 12 heteroatoms. The predicted octanol–water partition coefficient (Wildman–Crippen LogP) is 3.38. The van der Waals surface area contributed by atoms with Gasteiger partial charge < -0.3 is 26.8 Å². The summed E-state index contributed by atoms with van der Waals surface area (Å²) in [4.78, 5) is 39.5. The number of aryl methyl sites for hydroxylation is 1. The van der Waals surface area contributed by atoms with Crippen molar-refractivity contribution in [3.05, 3.63) is 83.4 Å². The maximum atomic E-state index is 13.6. The molecule has 0 saturated heterocycles. The first-order chi connectivity index (χ1) is 22.7. The van der Waals surface area contributed by atoms with Gasteiger partial charge >= 0.3 is 0 Å². The Morgan fingerprint density at radius 1 is 0.957 bits per heavy atom. The molecule has 1 fully saturated rings. The van der Waals surface area contributed by atoms with Crippen molar-refractivity contribution >= 4 is 23.4 Å². The zero-order chi connectivity index (χ0) is 33.3. The van der Waals surface area contributed by atoms with Crippen molar-refractivity contribution in [1.29, 1.82) is 0 Å². The van der Waals surface area contributed by atoms with Gasteiger partial charge in [-0.25, -0.2) is 0 Å². The first-order valence-corrected chi connectivity index (χ1v) is 16.0. The molecule has 1 aliphatic carbocycles. The van der Waals surface area contributed by atoms with Gasteiger partial charge in [0.2, 0.25) is 17.6 Å². The van der Waals surface area contributed by atoms with Crippen LogP contribution in [0.15, 0.2) is 66.7 Å². The van der Waals surface area contributed by atoms with Crippen LogP contribution < -0.4 is 21.7 Å². The summed E-state index contributed by atoms with van der Waals surface area (Å²) in [5.41, 5.74) is 11.5. The average molecular weight is 639 g/mol. The zero-order valence-corrected chi connectivity index (χ0v) is 26.7. The standard InChI is InChI=1S/C35H42N8O4/c1-21-17-28(34(46)37-22(2)20-44)13-16-30(21)25-7-3-23(4-8-25)18-31(39-33(45)27-9-5-24(19-36)6-10-27)35(47)38-29-14-11-26(12-15-29)32-40-42-43-41-32/h3-4,7-8,11-17,22,24,27,31,44H,5-6,9-10,18-20,36H2,1-2H3,(H,37,46)(H,38,47)(H,39,45)(H,40,41,42,43). The minimum atomic E-state index is -0.793. The Balaban J connectivity index is 1.29. The molecule has 7 N–H and O–H groups in total. The number of hydrogen-bond donors (Lipinski definition) is 6. The lowest BCUT2D eigenvalue weighted by molar-refractivity contribution is -0.130. The summed E-state index contributed by atoms with van der Waals surface area (Å²) >= 11 is 0. The van der Waals surface area contributed by atoms with Crippen LogP contribution in [-0.4, -0.2) is 68.7 Å². The lowest BCUT2D eigenvalue weighted by Gasteiger charge is -2.28. The van der Waals surface area contributed by atoms with E-state index in [1.54, 1.807) is 37.3 Å². The van der Waals surface area contributed by atoms with Crippen molar-refractivity contribution in [3.63, 3.8) is 0 Å². The van der Waals surface area contributed by atoms with Crippen LogP contribution in [0.5, 0.6) is 0 Å². The van der Waals surface area contributed by atoms with Gasteiger partial charge in [0.15, 0.2) is 0 Å². The highest BCUT2D eigenvalue weighted by Gasteiger charge is 2.29. The monoisotopic (exact) mass is 638 g/mol. The fourth-order valence-electron chi connectivity index (χ4n) is 5.91. The number of H-pyrrole nitrogens is 1. The lowest BCUT2D eigenvalue weighted by Crippen LogP contribution is -2.48. The molecule has 3 amide bonds. The highest BCUT2D eigenvalue weighted by Crippen LogP contribution is 2.29. The third-order valence-electron chi connectivity index (χ3n) is 8.78. The molecule has 246 valence electrons. The summed E-state index contributed by atoms with van der Waals surface area (Å²) in [6.45, 7) is 4.18. The second kappa shape index (κ2) is 15.6. The molecule has 1 aromatic heterocycles. The lowest BCUT2D eigenvalue weighted by atomic mass is 9.81. The number of carbonyl (C=O) groups is 3. The van der Waals surface area contributed by atoms with E-state index in [0.717, 1.165) is 53.5 Å². The first kappa shape index (κ1) is 33.4. The van der Waals surface area contributed by atoms with Gasteiger partial charge in [-0.15, -0.1) is 10.2 Å². The molecule has 1 heterocycles. The number of tetrazole rings is 1. The molecule has 1 saturated carbocycles. The predicted molar refractivity (Wildman–Crippen MR) is 179 cm³/mol. The number of aliphatic hydroxyl groups is 1. The molecule has 5 rings (SSSR count). The van der Waals surface area contributed by atoms with Gasteiger partial charge in [0.25, 0.3) is 5.91 Å². The number of aliphatic hydroxyl groups excluding tert-OH is 1. The van der Waals surface area contributed by atoms with Crippen LogP contribution in [0.4, 0.5) is 5.69 Å². The van der Waals surface area contributed by atoms with E-state index >= 15 is 0 Å². The van der Waals surface area contributed by atoms with E-state index in [2.05, 4.69) is 36.6 Å². The Kier molecular flexibility index (Phi) is 11.1. The van der Waals surface area contributed by atoms with Crippen LogP contribution in [0.3, 0.4) is 0 Å². The van der Waals surface area contributed by atoms with Gasteiger partial charge in [0.05, 0.1) is 6.61 Å². The van der Waals surface area contributed by atoms with Crippen molar-refractivity contribution in [1.82, 2.24) is 31.3 Å².